The maximum absolute atomic E-state index is 13.4. The van der Waals surface area contributed by atoms with Crippen LogP contribution in [0.4, 0.5) is 0 Å². The fourth-order valence-electron chi connectivity index (χ4n) is 3.85. The molecule has 0 N–H and O–H groups in total. The first-order chi connectivity index (χ1) is 12.7. The van der Waals surface area contributed by atoms with Gasteiger partial charge in [-0.2, -0.15) is 0 Å². The molecule has 0 radical (unpaired) electrons. The number of aromatic nitrogens is 1. The Kier molecular flexibility index (Phi) is 3.19. The predicted molar refractivity (Wildman–Crippen MR) is 106 cm³/mol. The van der Waals surface area contributed by atoms with Crippen LogP contribution in [0.3, 0.4) is 0 Å². The number of aryl methyl sites for hydroxylation is 1. The van der Waals surface area contributed by atoms with E-state index in [9.17, 15) is 4.79 Å². The Balaban J connectivity index is 1.87. The maximum Gasteiger partial charge on any atom is 0.264 e. The minimum atomic E-state index is 0.0453. The average Bonchev–Trinajstić information content (AvgIpc) is 3.17. The molecule has 2 nitrogen and oxygen atoms in total. The van der Waals surface area contributed by atoms with E-state index >= 15 is 0 Å². The summed E-state index contributed by atoms with van der Waals surface area (Å²) >= 11 is 0. The molecule has 2 heteroatoms. The summed E-state index contributed by atoms with van der Waals surface area (Å²) in [6, 6.07) is 28.5. The van der Waals surface area contributed by atoms with E-state index < -0.39 is 0 Å². The third-order valence-electron chi connectivity index (χ3n) is 5.01. The van der Waals surface area contributed by atoms with Crippen molar-refractivity contribution < 1.29 is 4.79 Å². The van der Waals surface area contributed by atoms with Crippen molar-refractivity contribution in [3.63, 3.8) is 0 Å². The Morgan fingerprint density at radius 3 is 1.96 bits per heavy atom. The Morgan fingerprint density at radius 1 is 0.692 bits per heavy atom. The summed E-state index contributed by atoms with van der Waals surface area (Å²) in [6.07, 6.45) is 0. The van der Waals surface area contributed by atoms with Gasteiger partial charge in [0.25, 0.3) is 5.91 Å². The van der Waals surface area contributed by atoms with Crippen molar-refractivity contribution in [2.75, 3.05) is 0 Å². The minimum Gasteiger partial charge on any atom is -0.276 e. The van der Waals surface area contributed by atoms with Crippen molar-refractivity contribution in [3.8, 4) is 0 Å². The van der Waals surface area contributed by atoms with Gasteiger partial charge < -0.3 is 0 Å². The van der Waals surface area contributed by atoms with Gasteiger partial charge in [-0.25, -0.2) is 0 Å². The molecule has 124 valence electrons. The molecule has 5 rings (SSSR count). The zero-order valence-electron chi connectivity index (χ0n) is 14.4. The van der Waals surface area contributed by atoms with Crippen LogP contribution in [0, 0.1) is 6.92 Å². The highest BCUT2D eigenvalue weighted by Crippen LogP contribution is 2.41. The largest absolute Gasteiger partial charge is 0.276 e. The molecule has 0 saturated heterocycles. The molecular formula is C24H17NO. The van der Waals surface area contributed by atoms with Gasteiger partial charge in [0.2, 0.25) is 0 Å². The fraction of sp³-hybridized carbons (Fsp3) is 0.0417. The lowest BCUT2D eigenvalue weighted by atomic mass is 9.94. The lowest BCUT2D eigenvalue weighted by Gasteiger charge is -2.07. The van der Waals surface area contributed by atoms with Crippen LogP contribution in [0.25, 0.3) is 22.0 Å². The van der Waals surface area contributed by atoms with Crippen LogP contribution in [0.5, 0.6) is 0 Å². The third kappa shape index (κ3) is 2.09. The second-order valence-electron chi connectivity index (χ2n) is 6.71. The monoisotopic (exact) mass is 335 g/mol. The van der Waals surface area contributed by atoms with E-state index in [0.29, 0.717) is 0 Å². The van der Waals surface area contributed by atoms with Gasteiger partial charge in [-0.3, -0.25) is 9.36 Å². The van der Waals surface area contributed by atoms with E-state index in [2.05, 4.69) is 37.3 Å². The SMILES string of the molecule is Cc1ccc2c(c1)cc1n2C(=O)C(c2ccccc2)=C1c1ccccc1. The second kappa shape index (κ2) is 5.57. The third-order valence-corrected chi connectivity index (χ3v) is 5.01. The number of hydrogen-bond acceptors (Lipinski definition) is 1. The summed E-state index contributed by atoms with van der Waals surface area (Å²) in [5, 5.41) is 1.11. The van der Waals surface area contributed by atoms with Crippen LogP contribution in [0.15, 0.2) is 84.9 Å². The summed E-state index contributed by atoms with van der Waals surface area (Å²) in [7, 11) is 0. The molecular weight excluding hydrogens is 318 g/mol. The molecule has 0 fully saturated rings. The first kappa shape index (κ1) is 14.9. The minimum absolute atomic E-state index is 0.0453. The molecule has 1 aromatic heterocycles. The average molecular weight is 335 g/mol. The van der Waals surface area contributed by atoms with Crippen LogP contribution in [-0.2, 0) is 0 Å². The molecule has 0 saturated carbocycles. The maximum atomic E-state index is 13.4. The topological polar surface area (TPSA) is 22.0 Å². The second-order valence-corrected chi connectivity index (χ2v) is 6.71. The van der Waals surface area contributed by atoms with Crippen LogP contribution in [0.1, 0.15) is 27.2 Å². The summed E-state index contributed by atoms with van der Waals surface area (Å²) in [6.45, 7) is 2.08. The van der Waals surface area contributed by atoms with Crippen LogP contribution < -0.4 is 0 Å². The van der Waals surface area contributed by atoms with E-state index in [4.69, 9.17) is 0 Å². The highest BCUT2D eigenvalue weighted by molar-refractivity contribution is 6.35. The van der Waals surface area contributed by atoms with E-state index in [1.807, 2.05) is 59.2 Å². The van der Waals surface area contributed by atoms with E-state index in [0.717, 1.165) is 38.9 Å². The molecule has 3 aromatic carbocycles. The van der Waals surface area contributed by atoms with Crippen molar-refractivity contribution in [2.45, 2.75) is 6.92 Å². The summed E-state index contributed by atoms with van der Waals surface area (Å²) in [5.74, 6) is 0.0453. The number of hydrogen-bond donors (Lipinski definition) is 0. The molecule has 1 aliphatic rings. The Bertz CT molecular complexity index is 1180. The van der Waals surface area contributed by atoms with Crippen molar-refractivity contribution in [1.82, 2.24) is 4.57 Å². The quantitative estimate of drug-likeness (QED) is 0.470. The Morgan fingerprint density at radius 2 is 1.31 bits per heavy atom. The Labute approximate surface area is 152 Å². The van der Waals surface area contributed by atoms with Gasteiger partial charge in [-0.1, -0.05) is 72.3 Å². The first-order valence-electron chi connectivity index (χ1n) is 8.76. The molecule has 0 bridgehead atoms. The normalized spacial score (nSPS) is 13.5. The number of carbonyl (C=O) groups is 1. The summed E-state index contributed by atoms with van der Waals surface area (Å²) in [4.78, 5) is 13.4. The van der Waals surface area contributed by atoms with Gasteiger partial charge in [-0.05, 0) is 36.2 Å². The van der Waals surface area contributed by atoms with Crippen molar-refractivity contribution in [3.05, 3.63) is 107 Å². The molecule has 0 unspecified atom stereocenters. The predicted octanol–water partition coefficient (Wildman–Crippen LogP) is 5.56. The molecule has 2 heterocycles. The van der Waals surface area contributed by atoms with Crippen molar-refractivity contribution >= 4 is 28.0 Å². The first-order valence-corrected chi connectivity index (χ1v) is 8.76. The molecule has 1 aliphatic heterocycles. The van der Waals surface area contributed by atoms with Gasteiger partial charge >= 0.3 is 0 Å². The van der Waals surface area contributed by atoms with E-state index in [1.54, 1.807) is 0 Å². The van der Waals surface area contributed by atoms with E-state index in [-0.39, 0.29) is 5.91 Å². The van der Waals surface area contributed by atoms with Crippen LogP contribution in [0.2, 0.25) is 0 Å². The van der Waals surface area contributed by atoms with Gasteiger partial charge in [-0.15, -0.1) is 0 Å². The molecule has 0 spiro atoms. The number of fused-ring (bicyclic) bond motifs is 3. The summed E-state index contributed by atoms with van der Waals surface area (Å²) < 4.78 is 1.86. The zero-order valence-corrected chi connectivity index (χ0v) is 14.4. The fourth-order valence-corrected chi connectivity index (χ4v) is 3.85. The molecule has 26 heavy (non-hydrogen) atoms. The van der Waals surface area contributed by atoms with Crippen molar-refractivity contribution in [1.29, 1.82) is 0 Å². The number of carbonyl (C=O) groups excluding carboxylic acids is 1. The molecule has 0 amide bonds. The summed E-state index contributed by atoms with van der Waals surface area (Å²) in [5.41, 5.74) is 6.95. The van der Waals surface area contributed by atoms with Gasteiger partial charge in [0.05, 0.1) is 16.8 Å². The van der Waals surface area contributed by atoms with E-state index in [1.165, 1.54) is 5.56 Å². The zero-order chi connectivity index (χ0) is 17.7. The van der Waals surface area contributed by atoms with Crippen molar-refractivity contribution in [2.24, 2.45) is 0 Å². The number of rotatable bonds is 2. The van der Waals surface area contributed by atoms with Crippen LogP contribution >= 0.6 is 0 Å². The number of benzene rings is 3. The van der Waals surface area contributed by atoms with Gasteiger partial charge in [0, 0.05) is 11.0 Å². The lowest BCUT2D eigenvalue weighted by Crippen LogP contribution is -2.07. The highest BCUT2D eigenvalue weighted by Gasteiger charge is 2.32. The molecule has 4 aromatic rings. The lowest BCUT2D eigenvalue weighted by molar-refractivity contribution is 0.0989. The van der Waals surface area contributed by atoms with Gasteiger partial charge in [0.15, 0.2) is 0 Å². The number of nitrogens with zero attached hydrogens (tertiary/aromatic N) is 1. The van der Waals surface area contributed by atoms with Gasteiger partial charge in [0.1, 0.15) is 0 Å². The highest BCUT2D eigenvalue weighted by atomic mass is 16.2. The smallest absolute Gasteiger partial charge is 0.264 e. The standard InChI is InChI=1S/C24H17NO/c1-16-12-13-20-19(14-16)15-21-22(17-8-4-2-5-9-17)23(24(26)25(20)21)18-10-6-3-7-11-18/h2-15H,1H3. The molecule has 0 aliphatic carbocycles. The number of allylic oxidation sites excluding steroid dienone is 1. The van der Waals surface area contributed by atoms with Crippen LogP contribution in [-0.4, -0.2) is 10.5 Å². The molecule has 0 atom stereocenters. The Hall–Kier alpha value is -3.39.